The van der Waals surface area contributed by atoms with Crippen molar-refractivity contribution in [1.82, 2.24) is 0 Å². The van der Waals surface area contributed by atoms with E-state index >= 15 is 0 Å². The second-order valence-corrected chi connectivity index (χ2v) is 7.91. The Bertz CT molecular complexity index is 1220. The van der Waals surface area contributed by atoms with E-state index in [1.165, 1.54) is 4.90 Å². The molecular weight excluding hydrogens is 426 g/mol. The van der Waals surface area contributed by atoms with Crippen LogP contribution in [0.1, 0.15) is 29.7 Å². The van der Waals surface area contributed by atoms with Crippen LogP contribution in [0.2, 0.25) is 5.02 Å². The van der Waals surface area contributed by atoms with Gasteiger partial charge in [-0.15, -0.1) is 0 Å². The quantitative estimate of drug-likeness (QED) is 0.310. The Morgan fingerprint density at radius 1 is 1.03 bits per heavy atom. The van der Waals surface area contributed by atoms with Gasteiger partial charge in [0.2, 0.25) is 0 Å². The van der Waals surface area contributed by atoms with Crippen LogP contribution in [0.5, 0.6) is 5.75 Å². The molecule has 4 rings (SSSR count). The summed E-state index contributed by atoms with van der Waals surface area (Å²) in [5.74, 6) is -1.15. The van der Waals surface area contributed by atoms with Crippen LogP contribution in [0, 0.1) is 6.92 Å². The number of Topliss-reactive ketones (excluding diaryl/α,β-unsaturated/α-hetero) is 1. The monoisotopic (exact) mass is 447 g/mol. The zero-order valence-corrected chi connectivity index (χ0v) is 18.5. The van der Waals surface area contributed by atoms with Crippen molar-refractivity contribution in [3.05, 3.63) is 100 Å². The predicted molar refractivity (Wildman–Crippen MR) is 125 cm³/mol. The third-order valence-corrected chi connectivity index (χ3v) is 5.64. The molecule has 6 heteroatoms. The molecule has 1 heterocycles. The van der Waals surface area contributed by atoms with Crippen molar-refractivity contribution in [2.24, 2.45) is 0 Å². The molecule has 1 N–H and O–H groups in total. The number of amides is 1. The van der Waals surface area contributed by atoms with Crippen LogP contribution in [0.25, 0.3) is 5.76 Å². The molecule has 0 saturated carbocycles. The minimum absolute atomic E-state index is 0.0224. The first-order valence-corrected chi connectivity index (χ1v) is 10.7. The molecule has 1 saturated heterocycles. The lowest BCUT2D eigenvalue weighted by molar-refractivity contribution is -0.132. The molecule has 1 aliphatic rings. The topological polar surface area (TPSA) is 66.8 Å². The van der Waals surface area contributed by atoms with E-state index in [1.54, 1.807) is 42.5 Å². The van der Waals surface area contributed by atoms with Gasteiger partial charge in [0, 0.05) is 16.3 Å². The van der Waals surface area contributed by atoms with Crippen molar-refractivity contribution in [2.75, 3.05) is 11.5 Å². The van der Waals surface area contributed by atoms with Gasteiger partial charge in [-0.1, -0.05) is 60.1 Å². The van der Waals surface area contributed by atoms with Gasteiger partial charge in [0.15, 0.2) is 0 Å². The number of rotatable bonds is 5. The van der Waals surface area contributed by atoms with Gasteiger partial charge in [-0.2, -0.15) is 0 Å². The first-order chi connectivity index (χ1) is 15.4. The number of hydrogen-bond acceptors (Lipinski definition) is 4. The van der Waals surface area contributed by atoms with Crippen LogP contribution in [0.15, 0.2) is 78.4 Å². The molecule has 1 amide bonds. The van der Waals surface area contributed by atoms with Crippen molar-refractivity contribution in [2.45, 2.75) is 19.9 Å². The van der Waals surface area contributed by atoms with Gasteiger partial charge >= 0.3 is 0 Å². The average molecular weight is 448 g/mol. The molecule has 5 nitrogen and oxygen atoms in total. The molecule has 162 valence electrons. The van der Waals surface area contributed by atoms with Gasteiger partial charge in [0.25, 0.3) is 11.7 Å². The van der Waals surface area contributed by atoms with Gasteiger partial charge in [-0.3, -0.25) is 14.5 Å². The number of aryl methyl sites for hydroxylation is 1. The fourth-order valence-electron chi connectivity index (χ4n) is 3.93. The van der Waals surface area contributed by atoms with Crippen LogP contribution < -0.4 is 9.64 Å². The van der Waals surface area contributed by atoms with Crippen molar-refractivity contribution < 1.29 is 19.4 Å². The van der Waals surface area contributed by atoms with Crippen LogP contribution >= 0.6 is 11.6 Å². The highest BCUT2D eigenvalue weighted by molar-refractivity contribution is 6.52. The molecule has 0 spiro atoms. The Morgan fingerprint density at radius 2 is 1.78 bits per heavy atom. The van der Waals surface area contributed by atoms with E-state index < -0.39 is 17.7 Å². The highest BCUT2D eigenvalue weighted by atomic mass is 35.5. The number of carbonyl (C=O) groups excluding carboxylic acids is 2. The molecule has 1 aliphatic heterocycles. The first-order valence-electron chi connectivity index (χ1n) is 10.3. The van der Waals surface area contributed by atoms with Crippen LogP contribution in [0.3, 0.4) is 0 Å². The summed E-state index contributed by atoms with van der Waals surface area (Å²) in [5.41, 5.74) is 2.44. The highest BCUT2D eigenvalue weighted by Gasteiger charge is 2.47. The summed E-state index contributed by atoms with van der Waals surface area (Å²) in [5, 5.41) is 11.7. The largest absolute Gasteiger partial charge is 0.507 e. The predicted octanol–water partition coefficient (Wildman–Crippen LogP) is 5.67. The number of ether oxygens (including phenoxy) is 1. The third kappa shape index (κ3) is 3.87. The maximum Gasteiger partial charge on any atom is 0.300 e. The van der Waals surface area contributed by atoms with Gasteiger partial charge < -0.3 is 9.84 Å². The molecule has 32 heavy (non-hydrogen) atoms. The second kappa shape index (κ2) is 8.89. The van der Waals surface area contributed by atoms with E-state index in [1.807, 2.05) is 44.2 Å². The molecule has 0 aromatic heterocycles. The Hall–Kier alpha value is -3.57. The van der Waals surface area contributed by atoms with Gasteiger partial charge in [-0.25, -0.2) is 0 Å². The molecule has 0 bridgehead atoms. The smallest absolute Gasteiger partial charge is 0.300 e. The summed E-state index contributed by atoms with van der Waals surface area (Å²) in [4.78, 5) is 27.9. The van der Waals surface area contributed by atoms with E-state index in [0.717, 1.165) is 5.56 Å². The minimum atomic E-state index is -0.802. The molecule has 1 fully saturated rings. The number of benzene rings is 3. The zero-order valence-electron chi connectivity index (χ0n) is 17.7. The van der Waals surface area contributed by atoms with Gasteiger partial charge in [-0.05, 0) is 49.2 Å². The number of aliphatic hydroxyl groups is 1. The van der Waals surface area contributed by atoms with Crippen LogP contribution in [0.4, 0.5) is 5.69 Å². The Labute approximate surface area is 191 Å². The molecule has 1 unspecified atom stereocenters. The average Bonchev–Trinajstić information content (AvgIpc) is 3.06. The van der Waals surface area contributed by atoms with Gasteiger partial charge in [0.1, 0.15) is 11.5 Å². The molecule has 0 aliphatic carbocycles. The normalized spacial score (nSPS) is 17.6. The fraction of sp³-hybridized carbons (Fsp3) is 0.154. The molecule has 3 aromatic carbocycles. The maximum atomic E-state index is 13.2. The second-order valence-electron chi connectivity index (χ2n) is 7.47. The van der Waals surface area contributed by atoms with Gasteiger partial charge in [0.05, 0.1) is 18.2 Å². The summed E-state index contributed by atoms with van der Waals surface area (Å²) >= 11 is 6.22. The first kappa shape index (κ1) is 21.7. The molecule has 3 aromatic rings. The summed E-state index contributed by atoms with van der Waals surface area (Å²) in [7, 11) is 0. The number of nitrogens with zero attached hydrogens (tertiary/aromatic N) is 1. The third-order valence-electron chi connectivity index (χ3n) is 5.41. The number of halogens is 1. The lowest BCUT2D eigenvalue weighted by atomic mass is 9.95. The Balaban J connectivity index is 1.94. The van der Waals surface area contributed by atoms with Crippen LogP contribution in [-0.2, 0) is 9.59 Å². The summed E-state index contributed by atoms with van der Waals surface area (Å²) in [6.07, 6.45) is 0. The van der Waals surface area contributed by atoms with Crippen LogP contribution in [-0.4, -0.2) is 23.4 Å². The molecule has 0 radical (unpaired) electrons. The number of anilines is 1. The maximum absolute atomic E-state index is 13.2. The number of aliphatic hydroxyl groups excluding tert-OH is 1. The lowest BCUT2D eigenvalue weighted by Crippen LogP contribution is -2.30. The summed E-state index contributed by atoms with van der Waals surface area (Å²) in [6.45, 7) is 4.17. The fourth-order valence-corrected chi connectivity index (χ4v) is 4.10. The van der Waals surface area contributed by atoms with E-state index in [0.29, 0.717) is 34.2 Å². The van der Waals surface area contributed by atoms with Crippen molar-refractivity contribution in [3.8, 4) is 5.75 Å². The standard InChI is InChI=1S/C26H22ClNO4/c1-3-32-20-11-7-10-18(14-20)24(29)22-23(17-8-5-4-6-9-17)28(26(31)25(22)30)21-15-19(27)13-12-16(21)2/h4-15,23,29H,3H2,1-2H3/b24-22+. The number of carbonyl (C=O) groups is 2. The number of ketones is 1. The van der Waals surface area contributed by atoms with E-state index in [4.69, 9.17) is 16.3 Å². The van der Waals surface area contributed by atoms with Crippen molar-refractivity contribution >= 4 is 34.7 Å². The van der Waals surface area contributed by atoms with E-state index in [-0.39, 0.29) is 11.3 Å². The zero-order chi connectivity index (χ0) is 22.8. The molecular formula is C26H22ClNO4. The number of hydrogen-bond donors (Lipinski definition) is 1. The highest BCUT2D eigenvalue weighted by Crippen LogP contribution is 2.43. The van der Waals surface area contributed by atoms with E-state index in [9.17, 15) is 14.7 Å². The SMILES string of the molecule is CCOc1cccc(/C(O)=C2\C(=O)C(=O)N(c3cc(Cl)ccc3C)C2c2ccccc2)c1. The lowest BCUT2D eigenvalue weighted by Gasteiger charge is -2.27. The Kier molecular flexibility index (Phi) is 6.01. The van der Waals surface area contributed by atoms with E-state index in [2.05, 4.69) is 0 Å². The van der Waals surface area contributed by atoms with Crippen molar-refractivity contribution in [3.63, 3.8) is 0 Å². The summed E-state index contributed by atoms with van der Waals surface area (Å²) < 4.78 is 5.53. The minimum Gasteiger partial charge on any atom is -0.507 e. The Morgan fingerprint density at radius 3 is 2.50 bits per heavy atom. The van der Waals surface area contributed by atoms with Crippen molar-refractivity contribution in [1.29, 1.82) is 0 Å². The summed E-state index contributed by atoms with van der Waals surface area (Å²) in [6, 6.07) is 20.4. The molecule has 1 atom stereocenters.